The summed E-state index contributed by atoms with van der Waals surface area (Å²) in [7, 11) is 3.64. The molecule has 0 aliphatic rings. The normalized spacial score (nSPS) is 10.6. The van der Waals surface area contributed by atoms with Crippen LogP contribution in [0.4, 0.5) is 11.4 Å². The second kappa shape index (κ2) is 6.35. The van der Waals surface area contributed by atoms with Crippen molar-refractivity contribution in [3.8, 4) is 5.75 Å². The molecule has 17 heavy (non-hydrogen) atoms. The monoisotopic (exact) mass is 238 g/mol. The molecule has 2 N–H and O–H groups in total. The summed E-state index contributed by atoms with van der Waals surface area (Å²) in [6.45, 7) is 5.62. The lowest BCUT2D eigenvalue weighted by molar-refractivity contribution is 0.0846. The van der Waals surface area contributed by atoms with Gasteiger partial charge in [0.1, 0.15) is 5.75 Å². The molecule has 0 heterocycles. The average Bonchev–Trinajstić information content (AvgIpc) is 2.29. The third kappa shape index (κ3) is 4.15. The van der Waals surface area contributed by atoms with E-state index in [0.717, 1.165) is 12.2 Å². The molecule has 96 valence electrons. The topological polar surface area (TPSA) is 47.7 Å². The number of methoxy groups -OCH3 is 1. The molecular formula is C13H22N2O2. The van der Waals surface area contributed by atoms with Crippen LogP contribution in [0.15, 0.2) is 18.2 Å². The molecule has 0 saturated carbocycles. The quantitative estimate of drug-likeness (QED) is 0.771. The molecule has 1 aromatic rings. The highest BCUT2D eigenvalue weighted by Crippen LogP contribution is 2.26. The number of nitrogens with two attached hydrogens (primary N) is 1. The van der Waals surface area contributed by atoms with Gasteiger partial charge in [0.25, 0.3) is 0 Å². The smallest absolute Gasteiger partial charge is 0.143 e. The lowest BCUT2D eigenvalue weighted by atomic mass is 10.2. The van der Waals surface area contributed by atoms with E-state index in [1.54, 1.807) is 7.11 Å². The van der Waals surface area contributed by atoms with E-state index in [0.29, 0.717) is 18.0 Å². The SMILES string of the molecule is COc1cc(N(C)CCOC(C)C)ccc1N. The van der Waals surface area contributed by atoms with Crippen molar-refractivity contribution in [1.29, 1.82) is 0 Å². The van der Waals surface area contributed by atoms with Crippen molar-refractivity contribution in [2.45, 2.75) is 20.0 Å². The molecule has 4 nitrogen and oxygen atoms in total. The Hall–Kier alpha value is -1.42. The summed E-state index contributed by atoms with van der Waals surface area (Å²) in [5, 5.41) is 0. The Kier molecular flexibility index (Phi) is 5.10. The predicted octanol–water partition coefficient (Wildman–Crippen LogP) is 2.14. The molecule has 0 aliphatic carbocycles. The molecule has 0 aliphatic heterocycles. The van der Waals surface area contributed by atoms with Crippen LogP contribution in [0.3, 0.4) is 0 Å². The minimum atomic E-state index is 0.268. The summed E-state index contributed by atoms with van der Waals surface area (Å²) in [4.78, 5) is 2.12. The minimum absolute atomic E-state index is 0.268. The van der Waals surface area contributed by atoms with E-state index in [9.17, 15) is 0 Å². The van der Waals surface area contributed by atoms with E-state index in [-0.39, 0.29) is 6.10 Å². The van der Waals surface area contributed by atoms with Gasteiger partial charge in [0.2, 0.25) is 0 Å². The molecule has 1 rings (SSSR count). The van der Waals surface area contributed by atoms with E-state index >= 15 is 0 Å². The van der Waals surface area contributed by atoms with Crippen LogP contribution in [0.5, 0.6) is 5.75 Å². The molecule has 1 aromatic carbocycles. The fourth-order valence-electron chi connectivity index (χ4n) is 1.49. The molecule has 4 heteroatoms. The van der Waals surface area contributed by atoms with E-state index in [2.05, 4.69) is 4.90 Å². The molecule has 0 unspecified atom stereocenters. The maximum absolute atomic E-state index is 5.77. The van der Waals surface area contributed by atoms with Crippen molar-refractivity contribution in [3.63, 3.8) is 0 Å². The molecule has 0 atom stereocenters. The van der Waals surface area contributed by atoms with Gasteiger partial charge in [-0.2, -0.15) is 0 Å². The largest absolute Gasteiger partial charge is 0.495 e. The van der Waals surface area contributed by atoms with Crippen LogP contribution < -0.4 is 15.4 Å². The minimum Gasteiger partial charge on any atom is -0.495 e. The van der Waals surface area contributed by atoms with Gasteiger partial charge in [-0.25, -0.2) is 0 Å². The van der Waals surface area contributed by atoms with Gasteiger partial charge >= 0.3 is 0 Å². The molecule has 0 bridgehead atoms. The Morgan fingerprint density at radius 2 is 2.06 bits per heavy atom. The van der Waals surface area contributed by atoms with Gasteiger partial charge in [-0.3, -0.25) is 0 Å². The third-order valence-electron chi connectivity index (χ3n) is 2.54. The number of rotatable bonds is 6. The standard InChI is InChI=1S/C13H22N2O2/c1-10(2)17-8-7-15(3)11-5-6-12(14)13(9-11)16-4/h5-6,9-10H,7-8,14H2,1-4H3. The van der Waals surface area contributed by atoms with E-state index < -0.39 is 0 Å². The lowest BCUT2D eigenvalue weighted by Gasteiger charge is -2.21. The first kappa shape index (κ1) is 13.6. The maximum atomic E-state index is 5.77. The van der Waals surface area contributed by atoms with Crippen molar-refractivity contribution in [1.82, 2.24) is 0 Å². The highest BCUT2D eigenvalue weighted by molar-refractivity contribution is 5.62. The zero-order valence-corrected chi connectivity index (χ0v) is 11.1. The van der Waals surface area contributed by atoms with Crippen molar-refractivity contribution in [2.75, 3.05) is 37.9 Å². The molecule has 0 spiro atoms. The summed E-state index contributed by atoms with van der Waals surface area (Å²) in [5.74, 6) is 0.708. The van der Waals surface area contributed by atoms with E-state index in [1.807, 2.05) is 39.1 Å². The van der Waals surface area contributed by atoms with Crippen LogP contribution in [0.1, 0.15) is 13.8 Å². The Morgan fingerprint density at radius 3 is 2.65 bits per heavy atom. The number of hydrogen-bond donors (Lipinski definition) is 1. The second-order valence-electron chi connectivity index (χ2n) is 4.27. The van der Waals surface area contributed by atoms with Gasteiger partial charge in [-0.15, -0.1) is 0 Å². The maximum Gasteiger partial charge on any atom is 0.143 e. The first-order chi connectivity index (χ1) is 8.04. The van der Waals surface area contributed by atoms with E-state index in [1.165, 1.54) is 0 Å². The molecule has 0 amide bonds. The summed E-state index contributed by atoms with van der Waals surface area (Å²) in [5.41, 5.74) is 7.50. The highest BCUT2D eigenvalue weighted by Gasteiger charge is 2.05. The second-order valence-corrected chi connectivity index (χ2v) is 4.27. The number of hydrogen-bond acceptors (Lipinski definition) is 4. The molecule has 0 aromatic heterocycles. The number of anilines is 2. The number of benzene rings is 1. The van der Waals surface area contributed by atoms with Gasteiger partial charge in [0.15, 0.2) is 0 Å². The van der Waals surface area contributed by atoms with Gasteiger partial charge in [-0.05, 0) is 26.0 Å². The molecule has 0 saturated heterocycles. The highest BCUT2D eigenvalue weighted by atomic mass is 16.5. The van der Waals surface area contributed by atoms with E-state index in [4.69, 9.17) is 15.2 Å². The Labute approximate surface area is 103 Å². The van der Waals surface area contributed by atoms with Crippen molar-refractivity contribution >= 4 is 11.4 Å². The molecule has 0 fully saturated rings. The number of likely N-dealkylation sites (N-methyl/N-ethyl adjacent to an activating group) is 1. The summed E-state index contributed by atoms with van der Waals surface area (Å²) >= 11 is 0. The summed E-state index contributed by atoms with van der Waals surface area (Å²) < 4.78 is 10.7. The number of ether oxygens (including phenoxy) is 2. The van der Waals surface area contributed by atoms with Crippen LogP contribution in [0, 0.1) is 0 Å². The van der Waals surface area contributed by atoms with Crippen molar-refractivity contribution < 1.29 is 9.47 Å². The van der Waals surface area contributed by atoms with Crippen LogP contribution in [0.2, 0.25) is 0 Å². The zero-order chi connectivity index (χ0) is 12.8. The summed E-state index contributed by atoms with van der Waals surface area (Å²) in [6, 6.07) is 5.77. The predicted molar refractivity (Wildman–Crippen MR) is 71.8 cm³/mol. The molecular weight excluding hydrogens is 216 g/mol. The Morgan fingerprint density at radius 1 is 1.35 bits per heavy atom. The lowest BCUT2D eigenvalue weighted by Crippen LogP contribution is -2.23. The zero-order valence-electron chi connectivity index (χ0n) is 11.1. The van der Waals surface area contributed by atoms with Gasteiger partial charge < -0.3 is 20.1 Å². The third-order valence-corrected chi connectivity index (χ3v) is 2.54. The van der Waals surface area contributed by atoms with Crippen LogP contribution >= 0.6 is 0 Å². The van der Waals surface area contributed by atoms with Crippen molar-refractivity contribution in [3.05, 3.63) is 18.2 Å². The molecule has 0 radical (unpaired) electrons. The van der Waals surface area contributed by atoms with Gasteiger partial charge in [0.05, 0.1) is 25.5 Å². The van der Waals surface area contributed by atoms with Gasteiger partial charge in [-0.1, -0.05) is 0 Å². The first-order valence-corrected chi connectivity index (χ1v) is 5.81. The van der Waals surface area contributed by atoms with Crippen LogP contribution in [0.25, 0.3) is 0 Å². The van der Waals surface area contributed by atoms with Crippen LogP contribution in [-0.2, 0) is 4.74 Å². The average molecular weight is 238 g/mol. The number of nitrogens with zero attached hydrogens (tertiary/aromatic N) is 1. The Balaban J connectivity index is 2.59. The fourth-order valence-corrected chi connectivity index (χ4v) is 1.49. The van der Waals surface area contributed by atoms with Crippen molar-refractivity contribution in [2.24, 2.45) is 0 Å². The summed E-state index contributed by atoms with van der Waals surface area (Å²) in [6.07, 6.45) is 0.268. The van der Waals surface area contributed by atoms with Crippen LogP contribution in [-0.4, -0.2) is 33.4 Å². The Bertz CT molecular complexity index is 353. The number of nitrogen functional groups attached to an aromatic ring is 1. The fraction of sp³-hybridized carbons (Fsp3) is 0.538. The van der Waals surface area contributed by atoms with Gasteiger partial charge in [0, 0.05) is 25.3 Å². The first-order valence-electron chi connectivity index (χ1n) is 5.81.